The van der Waals surface area contributed by atoms with E-state index in [1.807, 2.05) is 0 Å². The van der Waals surface area contributed by atoms with E-state index in [1.165, 1.54) is 6.20 Å². The standard InChI is InChI=1S/C18H19ClN4O2/c19-13-7-8-16(21-10-13)22-17(24)12-4-3-9-23(11-12)18(25)14-5-1-2-6-15(14)20/h1-2,5-8,10,12H,3-4,9,11,20H2,(H,21,22,24). The normalized spacial score (nSPS) is 17.2. The number of nitrogens with one attached hydrogen (secondary N) is 1. The molecular weight excluding hydrogens is 340 g/mol. The molecule has 1 aromatic carbocycles. The van der Waals surface area contributed by atoms with E-state index in [0.29, 0.717) is 35.2 Å². The molecule has 25 heavy (non-hydrogen) atoms. The summed E-state index contributed by atoms with van der Waals surface area (Å²) in [6.07, 6.45) is 2.98. The molecule has 1 aliphatic rings. The summed E-state index contributed by atoms with van der Waals surface area (Å²) >= 11 is 5.79. The van der Waals surface area contributed by atoms with Crippen LogP contribution in [0.25, 0.3) is 0 Å². The molecule has 0 radical (unpaired) electrons. The van der Waals surface area contributed by atoms with Gasteiger partial charge in [0, 0.05) is 25.0 Å². The Labute approximate surface area is 151 Å². The summed E-state index contributed by atoms with van der Waals surface area (Å²) in [4.78, 5) is 30.9. The Morgan fingerprint density at radius 2 is 2.04 bits per heavy atom. The molecular formula is C18H19ClN4O2. The third-order valence-electron chi connectivity index (χ3n) is 4.25. The largest absolute Gasteiger partial charge is 0.398 e. The highest BCUT2D eigenvalue weighted by molar-refractivity contribution is 6.30. The van der Waals surface area contributed by atoms with Crippen LogP contribution in [0, 0.1) is 5.92 Å². The molecule has 130 valence electrons. The molecule has 0 aliphatic carbocycles. The molecule has 0 bridgehead atoms. The van der Waals surface area contributed by atoms with Crippen LogP contribution in [0.4, 0.5) is 11.5 Å². The maximum atomic E-state index is 12.7. The van der Waals surface area contributed by atoms with Gasteiger partial charge in [0.25, 0.3) is 5.91 Å². The zero-order valence-corrected chi connectivity index (χ0v) is 14.4. The molecule has 1 saturated heterocycles. The molecule has 0 spiro atoms. The number of likely N-dealkylation sites (tertiary alicyclic amines) is 1. The highest BCUT2D eigenvalue weighted by atomic mass is 35.5. The lowest BCUT2D eigenvalue weighted by Crippen LogP contribution is -2.44. The number of nitrogens with zero attached hydrogens (tertiary/aromatic N) is 2. The molecule has 1 aliphatic heterocycles. The Hall–Kier alpha value is -2.60. The molecule has 7 heteroatoms. The van der Waals surface area contributed by atoms with Gasteiger partial charge < -0.3 is 16.0 Å². The number of pyridine rings is 1. The lowest BCUT2D eigenvalue weighted by Gasteiger charge is -2.32. The first-order valence-electron chi connectivity index (χ1n) is 8.11. The molecule has 0 saturated carbocycles. The maximum Gasteiger partial charge on any atom is 0.255 e. The van der Waals surface area contributed by atoms with Crippen molar-refractivity contribution in [3.8, 4) is 0 Å². The van der Waals surface area contributed by atoms with Gasteiger partial charge in [-0.3, -0.25) is 9.59 Å². The van der Waals surface area contributed by atoms with Crippen molar-refractivity contribution in [1.29, 1.82) is 0 Å². The van der Waals surface area contributed by atoms with Crippen LogP contribution in [0.5, 0.6) is 0 Å². The van der Waals surface area contributed by atoms with Crippen molar-refractivity contribution >= 4 is 34.9 Å². The van der Waals surface area contributed by atoms with E-state index >= 15 is 0 Å². The summed E-state index contributed by atoms with van der Waals surface area (Å²) in [6.45, 7) is 0.989. The van der Waals surface area contributed by atoms with Gasteiger partial charge in [0.15, 0.2) is 0 Å². The van der Waals surface area contributed by atoms with Crippen LogP contribution >= 0.6 is 11.6 Å². The smallest absolute Gasteiger partial charge is 0.255 e. The molecule has 6 nitrogen and oxygen atoms in total. The average Bonchev–Trinajstić information content (AvgIpc) is 2.63. The number of para-hydroxylation sites is 1. The molecule has 2 aromatic rings. The van der Waals surface area contributed by atoms with Crippen molar-refractivity contribution in [2.45, 2.75) is 12.8 Å². The van der Waals surface area contributed by atoms with Gasteiger partial charge in [-0.25, -0.2) is 4.98 Å². The van der Waals surface area contributed by atoms with Crippen LogP contribution < -0.4 is 11.1 Å². The molecule has 3 rings (SSSR count). The second kappa shape index (κ2) is 7.53. The molecule has 1 unspecified atom stereocenters. The molecule has 1 fully saturated rings. The quantitative estimate of drug-likeness (QED) is 0.826. The fourth-order valence-electron chi connectivity index (χ4n) is 2.92. The number of halogens is 1. The number of amides is 2. The Kier molecular flexibility index (Phi) is 5.19. The maximum absolute atomic E-state index is 12.7. The van der Waals surface area contributed by atoms with E-state index in [0.717, 1.165) is 12.8 Å². The van der Waals surface area contributed by atoms with Gasteiger partial charge in [0.1, 0.15) is 5.82 Å². The van der Waals surface area contributed by atoms with Crippen LogP contribution in [0.2, 0.25) is 5.02 Å². The Bertz CT molecular complexity index is 779. The number of rotatable bonds is 3. The summed E-state index contributed by atoms with van der Waals surface area (Å²) in [5, 5.41) is 3.29. The van der Waals surface area contributed by atoms with E-state index in [-0.39, 0.29) is 17.7 Å². The lowest BCUT2D eigenvalue weighted by atomic mass is 9.96. The lowest BCUT2D eigenvalue weighted by molar-refractivity contribution is -0.121. The number of benzene rings is 1. The first kappa shape index (κ1) is 17.2. The molecule has 2 amide bonds. The highest BCUT2D eigenvalue weighted by Crippen LogP contribution is 2.22. The molecule has 1 atom stereocenters. The Morgan fingerprint density at radius 3 is 2.76 bits per heavy atom. The average molecular weight is 359 g/mol. The number of carbonyl (C=O) groups excluding carboxylic acids is 2. The van der Waals surface area contributed by atoms with Crippen LogP contribution in [-0.4, -0.2) is 34.8 Å². The fraction of sp³-hybridized carbons (Fsp3) is 0.278. The van der Waals surface area contributed by atoms with Gasteiger partial charge in [-0.15, -0.1) is 0 Å². The predicted octanol–water partition coefficient (Wildman–Crippen LogP) is 2.81. The first-order valence-corrected chi connectivity index (χ1v) is 8.48. The Balaban J connectivity index is 1.66. The van der Waals surface area contributed by atoms with Crippen LogP contribution in [0.1, 0.15) is 23.2 Å². The van der Waals surface area contributed by atoms with Gasteiger partial charge in [0.2, 0.25) is 5.91 Å². The van der Waals surface area contributed by atoms with Crippen molar-refractivity contribution in [3.63, 3.8) is 0 Å². The van der Waals surface area contributed by atoms with Crippen molar-refractivity contribution in [2.24, 2.45) is 5.92 Å². The zero-order valence-electron chi connectivity index (χ0n) is 13.6. The predicted molar refractivity (Wildman–Crippen MR) is 97.4 cm³/mol. The zero-order chi connectivity index (χ0) is 17.8. The number of nitrogens with two attached hydrogens (primary N) is 1. The molecule has 3 N–H and O–H groups in total. The van der Waals surface area contributed by atoms with Crippen LogP contribution in [-0.2, 0) is 4.79 Å². The number of hydrogen-bond donors (Lipinski definition) is 2. The SMILES string of the molecule is Nc1ccccc1C(=O)N1CCCC(C(=O)Nc2ccc(Cl)cn2)C1. The number of nitrogen functional groups attached to an aromatic ring is 1. The monoisotopic (exact) mass is 358 g/mol. The number of carbonyl (C=O) groups is 2. The highest BCUT2D eigenvalue weighted by Gasteiger charge is 2.29. The number of anilines is 2. The van der Waals surface area contributed by atoms with E-state index in [9.17, 15) is 9.59 Å². The summed E-state index contributed by atoms with van der Waals surface area (Å²) in [7, 11) is 0. The van der Waals surface area contributed by atoms with Gasteiger partial charge in [-0.1, -0.05) is 23.7 Å². The minimum absolute atomic E-state index is 0.139. The number of aromatic nitrogens is 1. The van der Waals surface area contributed by atoms with Gasteiger partial charge in [-0.05, 0) is 37.1 Å². The van der Waals surface area contributed by atoms with E-state index in [4.69, 9.17) is 17.3 Å². The van der Waals surface area contributed by atoms with Gasteiger partial charge in [-0.2, -0.15) is 0 Å². The summed E-state index contributed by atoms with van der Waals surface area (Å²) in [6, 6.07) is 10.3. The number of piperidine rings is 1. The summed E-state index contributed by atoms with van der Waals surface area (Å²) in [5.74, 6) is -0.112. The molecule has 2 heterocycles. The van der Waals surface area contributed by atoms with Crippen molar-refractivity contribution < 1.29 is 9.59 Å². The minimum Gasteiger partial charge on any atom is -0.398 e. The third-order valence-corrected chi connectivity index (χ3v) is 4.47. The van der Waals surface area contributed by atoms with Crippen molar-refractivity contribution in [2.75, 3.05) is 24.1 Å². The molecule has 1 aromatic heterocycles. The van der Waals surface area contributed by atoms with Crippen LogP contribution in [0.3, 0.4) is 0 Å². The minimum atomic E-state index is -0.278. The third kappa shape index (κ3) is 4.09. The van der Waals surface area contributed by atoms with Crippen molar-refractivity contribution in [1.82, 2.24) is 9.88 Å². The first-order chi connectivity index (χ1) is 12.0. The van der Waals surface area contributed by atoms with E-state index in [1.54, 1.807) is 41.3 Å². The Morgan fingerprint density at radius 1 is 1.24 bits per heavy atom. The summed E-state index contributed by atoms with van der Waals surface area (Å²) in [5.41, 5.74) is 6.81. The van der Waals surface area contributed by atoms with Gasteiger partial charge >= 0.3 is 0 Å². The van der Waals surface area contributed by atoms with Gasteiger partial charge in [0.05, 0.1) is 16.5 Å². The topological polar surface area (TPSA) is 88.3 Å². The fourth-order valence-corrected chi connectivity index (χ4v) is 3.03. The van der Waals surface area contributed by atoms with Crippen LogP contribution in [0.15, 0.2) is 42.6 Å². The van der Waals surface area contributed by atoms with E-state index in [2.05, 4.69) is 10.3 Å². The second-order valence-electron chi connectivity index (χ2n) is 6.03. The summed E-state index contributed by atoms with van der Waals surface area (Å²) < 4.78 is 0. The second-order valence-corrected chi connectivity index (χ2v) is 6.46. The van der Waals surface area contributed by atoms with Crippen molar-refractivity contribution in [3.05, 3.63) is 53.2 Å². The number of hydrogen-bond acceptors (Lipinski definition) is 4. The van der Waals surface area contributed by atoms with E-state index < -0.39 is 0 Å².